The number of hydrogen-bond donors (Lipinski definition) is 2. The van der Waals surface area contributed by atoms with E-state index in [1.54, 1.807) is 0 Å². The lowest BCUT2D eigenvalue weighted by molar-refractivity contribution is 0.282. The second-order valence-corrected chi connectivity index (χ2v) is 2.74. The molecule has 0 radical (unpaired) electrons. The van der Waals surface area contributed by atoms with Crippen molar-refractivity contribution in [2.75, 3.05) is 0 Å². The van der Waals surface area contributed by atoms with Gasteiger partial charge in [0, 0.05) is 0 Å². The van der Waals surface area contributed by atoms with Crippen LogP contribution in [0, 0.1) is 5.41 Å². The van der Waals surface area contributed by atoms with Crippen molar-refractivity contribution in [1.29, 1.82) is 5.41 Å². The summed E-state index contributed by atoms with van der Waals surface area (Å²) in [5.41, 5.74) is 1.06. The highest BCUT2D eigenvalue weighted by Crippen LogP contribution is 2.00. The highest BCUT2D eigenvalue weighted by atomic mass is 127. The molecular formula is C8H9IN2O. The maximum atomic E-state index is 7.15. The van der Waals surface area contributed by atoms with E-state index in [1.807, 2.05) is 53.2 Å². The molecule has 0 aliphatic heterocycles. The van der Waals surface area contributed by atoms with Crippen LogP contribution in [0.1, 0.15) is 5.56 Å². The number of nitrogens with one attached hydrogen (secondary N) is 2. The Morgan fingerprint density at radius 2 is 2.08 bits per heavy atom. The monoisotopic (exact) mass is 276 g/mol. The molecule has 1 aromatic rings. The summed E-state index contributed by atoms with van der Waals surface area (Å²) in [5.74, 6) is 0. The molecule has 0 unspecified atom stereocenters. The molecule has 1 rings (SSSR count). The number of halogens is 1. The van der Waals surface area contributed by atoms with Gasteiger partial charge in [-0.05, 0) is 5.56 Å². The molecule has 12 heavy (non-hydrogen) atoms. The first-order valence-corrected chi connectivity index (χ1v) is 4.52. The quantitative estimate of drug-likeness (QED) is 0.376. The van der Waals surface area contributed by atoms with Crippen LogP contribution in [0.25, 0.3) is 0 Å². The SMILES string of the molecule is N=C(NI)OCc1ccccc1. The predicted octanol–water partition coefficient (Wildman–Crippen LogP) is 2.08. The summed E-state index contributed by atoms with van der Waals surface area (Å²) < 4.78 is 7.61. The van der Waals surface area contributed by atoms with Gasteiger partial charge in [0.25, 0.3) is 6.02 Å². The van der Waals surface area contributed by atoms with E-state index in [4.69, 9.17) is 10.1 Å². The molecule has 0 bridgehead atoms. The van der Waals surface area contributed by atoms with E-state index >= 15 is 0 Å². The average Bonchev–Trinajstić information content (AvgIpc) is 2.16. The van der Waals surface area contributed by atoms with Crippen molar-refractivity contribution in [3.05, 3.63) is 35.9 Å². The fraction of sp³-hybridized carbons (Fsp3) is 0.125. The standard InChI is InChI=1S/C8H9IN2O/c9-11-8(10)12-6-7-4-2-1-3-5-7/h1-5H,6H2,(H2,10,11). The molecule has 3 nitrogen and oxygen atoms in total. The zero-order valence-electron chi connectivity index (χ0n) is 6.38. The Hall–Kier alpha value is -0.780. The second-order valence-electron chi connectivity index (χ2n) is 2.20. The minimum absolute atomic E-state index is 0.0828. The first-order chi connectivity index (χ1) is 5.83. The van der Waals surface area contributed by atoms with Gasteiger partial charge in [-0.15, -0.1) is 0 Å². The lowest BCUT2D eigenvalue weighted by Gasteiger charge is -2.04. The summed E-state index contributed by atoms with van der Waals surface area (Å²) in [6.45, 7) is 0.440. The third-order valence-corrected chi connectivity index (χ3v) is 1.80. The molecule has 2 N–H and O–H groups in total. The van der Waals surface area contributed by atoms with E-state index in [-0.39, 0.29) is 6.02 Å². The average molecular weight is 276 g/mol. The van der Waals surface area contributed by atoms with E-state index in [9.17, 15) is 0 Å². The van der Waals surface area contributed by atoms with Gasteiger partial charge in [-0.1, -0.05) is 30.3 Å². The van der Waals surface area contributed by atoms with Gasteiger partial charge in [0.1, 0.15) is 6.61 Å². The third-order valence-electron chi connectivity index (χ3n) is 1.31. The zero-order valence-corrected chi connectivity index (χ0v) is 8.54. The molecule has 0 heterocycles. The van der Waals surface area contributed by atoms with Crippen LogP contribution in [0.15, 0.2) is 30.3 Å². The molecule has 0 aliphatic carbocycles. The van der Waals surface area contributed by atoms with Crippen LogP contribution in [0.4, 0.5) is 0 Å². The van der Waals surface area contributed by atoms with E-state index in [0.29, 0.717) is 6.61 Å². The lowest BCUT2D eigenvalue weighted by Crippen LogP contribution is -2.14. The van der Waals surface area contributed by atoms with Gasteiger partial charge in [-0.25, -0.2) is 0 Å². The molecule has 0 atom stereocenters. The molecule has 0 amide bonds. The molecule has 0 aliphatic rings. The van der Waals surface area contributed by atoms with Crippen LogP contribution in [0.3, 0.4) is 0 Å². The van der Waals surface area contributed by atoms with Crippen LogP contribution in [0.2, 0.25) is 0 Å². The highest BCUT2D eigenvalue weighted by Gasteiger charge is 1.94. The van der Waals surface area contributed by atoms with Crippen LogP contribution >= 0.6 is 22.9 Å². The molecule has 0 saturated carbocycles. The van der Waals surface area contributed by atoms with Crippen molar-refractivity contribution in [3.8, 4) is 0 Å². The molecule has 0 saturated heterocycles. The van der Waals surface area contributed by atoms with Gasteiger partial charge in [0.2, 0.25) is 0 Å². The summed E-state index contributed by atoms with van der Waals surface area (Å²) in [5, 5.41) is 7.15. The molecule has 64 valence electrons. The Morgan fingerprint density at radius 1 is 1.42 bits per heavy atom. The molecule has 0 aromatic heterocycles. The van der Waals surface area contributed by atoms with Gasteiger partial charge in [-0.3, -0.25) is 8.94 Å². The van der Waals surface area contributed by atoms with Crippen LogP contribution in [0.5, 0.6) is 0 Å². The van der Waals surface area contributed by atoms with Crippen molar-refractivity contribution in [3.63, 3.8) is 0 Å². The largest absolute Gasteiger partial charge is 0.460 e. The molecule has 1 aromatic carbocycles. The Labute approximate surface area is 85.1 Å². The van der Waals surface area contributed by atoms with E-state index in [1.165, 1.54) is 0 Å². The fourth-order valence-electron chi connectivity index (χ4n) is 0.757. The number of hydrogen-bond acceptors (Lipinski definition) is 2. The Morgan fingerprint density at radius 3 is 2.67 bits per heavy atom. The normalized spacial score (nSPS) is 9.08. The third kappa shape index (κ3) is 3.08. The number of amidine groups is 1. The molecular weight excluding hydrogens is 267 g/mol. The maximum Gasteiger partial charge on any atom is 0.291 e. The predicted molar refractivity (Wildman–Crippen MR) is 56.1 cm³/mol. The Kier molecular flexibility index (Phi) is 3.86. The number of benzene rings is 1. The van der Waals surface area contributed by atoms with Crippen LogP contribution in [-0.2, 0) is 11.3 Å². The van der Waals surface area contributed by atoms with Crippen LogP contribution < -0.4 is 3.53 Å². The smallest absolute Gasteiger partial charge is 0.291 e. The van der Waals surface area contributed by atoms with Crippen LogP contribution in [-0.4, -0.2) is 6.02 Å². The zero-order chi connectivity index (χ0) is 8.81. The van der Waals surface area contributed by atoms with E-state index in [0.717, 1.165) is 5.56 Å². The highest BCUT2D eigenvalue weighted by molar-refractivity contribution is 14.1. The summed E-state index contributed by atoms with van der Waals surface area (Å²) in [7, 11) is 0. The topological polar surface area (TPSA) is 45.1 Å². The summed E-state index contributed by atoms with van der Waals surface area (Å²) in [6.07, 6.45) is 0. The summed E-state index contributed by atoms with van der Waals surface area (Å²) in [4.78, 5) is 0. The maximum absolute atomic E-state index is 7.15. The van der Waals surface area contributed by atoms with Gasteiger partial charge in [0.15, 0.2) is 0 Å². The Bertz CT molecular complexity index is 250. The van der Waals surface area contributed by atoms with Crippen molar-refractivity contribution in [1.82, 2.24) is 3.53 Å². The molecule has 4 heteroatoms. The minimum Gasteiger partial charge on any atom is -0.460 e. The van der Waals surface area contributed by atoms with E-state index < -0.39 is 0 Å². The molecule has 0 fully saturated rings. The number of ether oxygens (including phenoxy) is 1. The first-order valence-electron chi connectivity index (χ1n) is 3.45. The van der Waals surface area contributed by atoms with Crippen molar-refractivity contribution >= 4 is 28.9 Å². The van der Waals surface area contributed by atoms with Gasteiger partial charge in [-0.2, -0.15) is 0 Å². The van der Waals surface area contributed by atoms with Gasteiger partial charge >= 0.3 is 0 Å². The first kappa shape index (κ1) is 9.31. The Balaban J connectivity index is 2.38. The second kappa shape index (κ2) is 4.97. The van der Waals surface area contributed by atoms with Crippen molar-refractivity contribution in [2.24, 2.45) is 0 Å². The molecule has 0 spiro atoms. The van der Waals surface area contributed by atoms with Crippen molar-refractivity contribution in [2.45, 2.75) is 6.61 Å². The lowest BCUT2D eigenvalue weighted by atomic mass is 10.2. The summed E-state index contributed by atoms with van der Waals surface area (Å²) >= 11 is 1.86. The van der Waals surface area contributed by atoms with Crippen molar-refractivity contribution < 1.29 is 4.74 Å². The minimum atomic E-state index is 0.0828. The van der Waals surface area contributed by atoms with Gasteiger partial charge < -0.3 is 4.74 Å². The number of rotatable bonds is 2. The van der Waals surface area contributed by atoms with Gasteiger partial charge in [0.05, 0.1) is 22.9 Å². The fourth-order valence-corrected chi connectivity index (χ4v) is 0.913. The summed E-state index contributed by atoms with van der Waals surface area (Å²) in [6, 6.07) is 9.84. The van der Waals surface area contributed by atoms with E-state index in [2.05, 4.69) is 3.53 Å².